The molecule has 1 N–H and O–H groups in total. The van der Waals surface area contributed by atoms with Crippen LogP contribution in [0.5, 0.6) is 5.75 Å². The van der Waals surface area contributed by atoms with Crippen LogP contribution in [-0.4, -0.2) is 29.4 Å². The topological polar surface area (TPSA) is 38.3 Å². The molecule has 0 bridgehead atoms. The van der Waals surface area contributed by atoms with Crippen molar-refractivity contribution < 1.29 is 8.95 Å². The molecule has 2 unspecified atom stereocenters. The van der Waals surface area contributed by atoms with Gasteiger partial charge in [-0.05, 0) is 19.0 Å². The van der Waals surface area contributed by atoms with Crippen molar-refractivity contribution in [2.24, 2.45) is 0 Å². The highest BCUT2D eigenvalue weighted by molar-refractivity contribution is 7.85. The Balaban J connectivity index is 2.24. The molecule has 2 rings (SSSR count). The van der Waals surface area contributed by atoms with Gasteiger partial charge in [-0.1, -0.05) is 18.2 Å². The number of ether oxygens (including phenoxy) is 1. The molecule has 16 heavy (non-hydrogen) atoms. The number of rotatable bonds is 2. The first-order chi connectivity index (χ1) is 7.81. The van der Waals surface area contributed by atoms with Crippen LogP contribution in [0.1, 0.15) is 18.0 Å². The average molecular weight is 239 g/mol. The smallest absolute Gasteiger partial charge is 0.123 e. The van der Waals surface area contributed by atoms with Crippen molar-refractivity contribution in [1.29, 1.82) is 0 Å². The van der Waals surface area contributed by atoms with Crippen molar-refractivity contribution in [2.75, 3.05) is 25.2 Å². The molecule has 3 nitrogen and oxygen atoms in total. The van der Waals surface area contributed by atoms with Gasteiger partial charge in [-0.3, -0.25) is 4.21 Å². The zero-order chi connectivity index (χ0) is 11.4. The molecule has 1 fully saturated rings. The molecule has 88 valence electrons. The number of nitrogens with one attached hydrogen (secondary N) is 1. The Hall–Kier alpha value is -0.870. The van der Waals surface area contributed by atoms with Crippen molar-refractivity contribution in [2.45, 2.75) is 12.5 Å². The van der Waals surface area contributed by atoms with E-state index in [0.717, 1.165) is 30.0 Å². The Morgan fingerprint density at radius 1 is 1.44 bits per heavy atom. The van der Waals surface area contributed by atoms with Crippen molar-refractivity contribution in [1.82, 2.24) is 5.32 Å². The summed E-state index contributed by atoms with van der Waals surface area (Å²) in [7, 11) is 0.957. The number of hydrogen-bond donors (Lipinski definition) is 1. The largest absolute Gasteiger partial charge is 0.496 e. The summed E-state index contributed by atoms with van der Waals surface area (Å²) in [4.78, 5) is 0. The Bertz CT molecular complexity index is 381. The van der Waals surface area contributed by atoms with Crippen LogP contribution < -0.4 is 10.1 Å². The lowest BCUT2D eigenvalue weighted by Crippen LogP contribution is -2.24. The third-order valence-electron chi connectivity index (χ3n) is 2.81. The number of methoxy groups -OCH3 is 1. The van der Waals surface area contributed by atoms with E-state index in [1.165, 1.54) is 0 Å². The molecule has 0 amide bonds. The summed E-state index contributed by atoms with van der Waals surface area (Å²) in [5.74, 6) is 2.36. The van der Waals surface area contributed by atoms with Gasteiger partial charge in [-0.15, -0.1) is 0 Å². The minimum atomic E-state index is -0.716. The Morgan fingerprint density at radius 2 is 2.25 bits per heavy atom. The molecule has 0 radical (unpaired) electrons. The number of hydrogen-bond acceptors (Lipinski definition) is 3. The minimum absolute atomic E-state index is 0.152. The summed E-state index contributed by atoms with van der Waals surface area (Å²) in [6.07, 6.45) is 0.984. The molecule has 0 aromatic heterocycles. The maximum absolute atomic E-state index is 11.7. The molecule has 0 aliphatic carbocycles. The molecule has 0 saturated carbocycles. The van der Waals surface area contributed by atoms with Crippen molar-refractivity contribution >= 4 is 10.8 Å². The Kier molecular flexibility index (Phi) is 3.96. The molecule has 1 aliphatic heterocycles. The second-order valence-electron chi connectivity index (χ2n) is 3.91. The number of benzene rings is 1. The lowest BCUT2D eigenvalue weighted by Gasteiger charge is -2.18. The van der Waals surface area contributed by atoms with Gasteiger partial charge in [0.2, 0.25) is 0 Å². The summed E-state index contributed by atoms with van der Waals surface area (Å²) in [6, 6.07) is 8.09. The standard InChI is InChI=1S/C12H17NO2S/c1-15-12-6-3-2-5-10(12)11-9-16(14)8-4-7-13-11/h2-3,5-6,11,13H,4,7-9H2,1H3. The fraction of sp³-hybridized carbons (Fsp3) is 0.500. The van der Waals surface area contributed by atoms with Gasteiger partial charge in [0.25, 0.3) is 0 Å². The summed E-state index contributed by atoms with van der Waals surface area (Å²) >= 11 is 0. The average Bonchev–Trinajstić information content (AvgIpc) is 2.54. The van der Waals surface area contributed by atoms with Crippen molar-refractivity contribution in [3.05, 3.63) is 29.8 Å². The van der Waals surface area contributed by atoms with Crippen LogP contribution in [0.2, 0.25) is 0 Å². The third-order valence-corrected chi connectivity index (χ3v) is 4.26. The van der Waals surface area contributed by atoms with E-state index in [4.69, 9.17) is 4.74 Å². The fourth-order valence-electron chi connectivity index (χ4n) is 1.99. The SMILES string of the molecule is COc1ccccc1C1CS(=O)CCCN1. The van der Waals surface area contributed by atoms with E-state index < -0.39 is 10.8 Å². The van der Waals surface area contributed by atoms with E-state index in [9.17, 15) is 4.21 Å². The van der Waals surface area contributed by atoms with Crippen LogP contribution in [0.4, 0.5) is 0 Å². The van der Waals surface area contributed by atoms with Gasteiger partial charge in [-0.2, -0.15) is 0 Å². The fourth-order valence-corrected chi connectivity index (χ4v) is 3.29. The van der Waals surface area contributed by atoms with E-state index in [2.05, 4.69) is 5.32 Å². The van der Waals surface area contributed by atoms with Gasteiger partial charge < -0.3 is 10.1 Å². The lowest BCUT2D eigenvalue weighted by molar-refractivity contribution is 0.402. The van der Waals surface area contributed by atoms with Crippen LogP contribution >= 0.6 is 0 Å². The predicted octanol–water partition coefficient (Wildman–Crippen LogP) is 1.48. The summed E-state index contributed by atoms with van der Waals surface area (Å²) in [6.45, 7) is 0.925. The molecule has 1 saturated heterocycles. The predicted molar refractivity (Wildman–Crippen MR) is 66.2 cm³/mol. The molecule has 1 aromatic carbocycles. The van der Waals surface area contributed by atoms with E-state index in [-0.39, 0.29) is 6.04 Å². The first-order valence-electron chi connectivity index (χ1n) is 5.52. The molecule has 1 aromatic rings. The van der Waals surface area contributed by atoms with Gasteiger partial charge in [0.05, 0.1) is 7.11 Å². The quantitative estimate of drug-likeness (QED) is 0.849. The van der Waals surface area contributed by atoms with Gasteiger partial charge in [0.15, 0.2) is 0 Å². The van der Waals surface area contributed by atoms with E-state index >= 15 is 0 Å². The second kappa shape index (κ2) is 5.46. The highest BCUT2D eigenvalue weighted by atomic mass is 32.2. The second-order valence-corrected chi connectivity index (χ2v) is 5.53. The molecular weight excluding hydrogens is 222 g/mol. The maximum Gasteiger partial charge on any atom is 0.123 e. The van der Waals surface area contributed by atoms with Crippen LogP contribution in [0.3, 0.4) is 0 Å². The first-order valence-corrected chi connectivity index (χ1v) is 7.01. The van der Waals surface area contributed by atoms with Crippen LogP contribution in [0.25, 0.3) is 0 Å². The zero-order valence-corrected chi connectivity index (χ0v) is 10.3. The zero-order valence-electron chi connectivity index (χ0n) is 9.44. The van der Waals surface area contributed by atoms with Crippen molar-refractivity contribution in [3.63, 3.8) is 0 Å². The summed E-state index contributed by atoms with van der Waals surface area (Å²) in [5, 5.41) is 3.43. The number of para-hydroxylation sites is 1. The molecule has 0 spiro atoms. The Labute approximate surface area is 98.7 Å². The van der Waals surface area contributed by atoms with E-state index in [1.54, 1.807) is 7.11 Å². The monoisotopic (exact) mass is 239 g/mol. The third kappa shape index (κ3) is 2.62. The van der Waals surface area contributed by atoms with Crippen LogP contribution in [0.15, 0.2) is 24.3 Å². The van der Waals surface area contributed by atoms with Gasteiger partial charge >= 0.3 is 0 Å². The van der Waals surface area contributed by atoms with Crippen LogP contribution in [0, 0.1) is 0 Å². The van der Waals surface area contributed by atoms with Gasteiger partial charge in [0.1, 0.15) is 5.75 Å². The normalized spacial score (nSPS) is 26.1. The Morgan fingerprint density at radius 3 is 3.06 bits per heavy atom. The molecule has 1 heterocycles. The minimum Gasteiger partial charge on any atom is -0.496 e. The molecular formula is C12H17NO2S. The van der Waals surface area contributed by atoms with Gasteiger partial charge in [0, 0.05) is 33.9 Å². The van der Waals surface area contributed by atoms with Crippen molar-refractivity contribution in [3.8, 4) is 5.75 Å². The summed E-state index contributed by atoms with van der Waals surface area (Å²) in [5.41, 5.74) is 1.11. The van der Waals surface area contributed by atoms with E-state index in [1.807, 2.05) is 24.3 Å². The first kappa shape index (κ1) is 11.6. The highest BCUT2D eigenvalue weighted by Gasteiger charge is 2.20. The van der Waals surface area contributed by atoms with Gasteiger partial charge in [-0.25, -0.2) is 0 Å². The molecule has 4 heteroatoms. The lowest BCUT2D eigenvalue weighted by atomic mass is 10.1. The molecule has 2 atom stereocenters. The van der Waals surface area contributed by atoms with Crippen LogP contribution in [-0.2, 0) is 10.8 Å². The summed E-state index contributed by atoms with van der Waals surface area (Å²) < 4.78 is 17.0. The maximum atomic E-state index is 11.7. The molecule has 1 aliphatic rings. The highest BCUT2D eigenvalue weighted by Crippen LogP contribution is 2.26. The van der Waals surface area contributed by atoms with E-state index in [0.29, 0.717) is 5.75 Å².